The van der Waals surface area contributed by atoms with E-state index in [1.807, 2.05) is 0 Å². The number of carbonyl (C=O) groups is 1. The second kappa shape index (κ2) is 4.47. The van der Waals surface area contributed by atoms with Gasteiger partial charge in [-0.15, -0.1) is 0 Å². The van der Waals surface area contributed by atoms with Crippen LogP contribution in [0.1, 0.15) is 10.5 Å². The summed E-state index contributed by atoms with van der Waals surface area (Å²) in [6, 6.07) is 4.52. The zero-order valence-corrected chi connectivity index (χ0v) is 10.5. The third-order valence-corrected chi connectivity index (χ3v) is 3.56. The number of benzene rings is 1. The molecule has 8 heteroatoms. The first-order valence-electron chi connectivity index (χ1n) is 5.08. The molecule has 0 atom stereocenters. The third-order valence-electron chi connectivity index (χ3n) is 2.45. The van der Waals surface area contributed by atoms with Crippen LogP contribution in [-0.4, -0.2) is 35.9 Å². The molecule has 0 saturated heterocycles. The van der Waals surface area contributed by atoms with Gasteiger partial charge in [0.1, 0.15) is 11.5 Å². The molecule has 0 aliphatic heterocycles. The first kappa shape index (κ1) is 13.2. The molecule has 2 aromatic rings. The highest BCUT2D eigenvalue weighted by Crippen LogP contribution is 2.24. The predicted octanol–water partition coefficient (Wildman–Crippen LogP) is 1.32. The molecule has 19 heavy (non-hydrogen) atoms. The summed E-state index contributed by atoms with van der Waals surface area (Å²) in [6.07, 6.45) is 0.971. The largest absolute Gasteiger partial charge is 0.477 e. The van der Waals surface area contributed by atoms with Gasteiger partial charge in [0.05, 0.1) is 10.6 Å². The predicted molar refractivity (Wildman–Crippen MR) is 64.1 cm³/mol. The van der Waals surface area contributed by atoms with E-state index in [1.54, 1.807) is 0 Å². The highest BCUT2D eigenvalue weighted by Gasteiger charge is 2.15. The first-order chi connectivity index (χ1) is 8.79. The monoisotopic (exact) mass is 284 g/mol. The molecular weight excluding hydrogens is 275 g/mol. The SMILES string of the molecule is CS(=O)(=O)c1ccc(-c2cc(C(=O)O)[nH]n2)c(F)c1. The van der Waals surface area contributed by atoms with Gasteiger partial charge >= 0.3 is 5.97 Å². The van der Waals surface area contributed by atoms with Gasteiger partial charge < -0.3 is 5.11 Å². The molecule has 1 heterocycles. The summed E-state index contributed by atoms with van der Waals surface area (Å²) in [7, 11) is -3.49. The molecule has 1 aromatic carbocycles. The van der Waals surface area contributed by atoms with E-state index >= 15 is 0 Å². The van der Waals surface area contributed by atoms with Crippen molar-refractivity contribution in [2.75, 3.05) is 6.26 Å². The molecule has 0 aliphatic rings. The minimum Gasteiger partial charge on any atom is -0.477 e. The number of aromatic nitrogens is 2. The van der Waals surface area contributed by atoms with Crippen molar-refractivity contribution in [1.29, 1.82) is 0 Å². The number of halogens is 1. The van der Waals surface area contributed by atoms with Crippen molar-refractivity contribution in [2.24, 2.45) is 0 Å². The number of hydrogen-bond donors (Lipinski definition) is 2. The second-order valence-corrected chi connectivity index (χ2v) is 5.90. The van der Waals surface area contributed by atoms with Crippen LogP contribution in [0.15, 0.2) is 29.2 Å². The van der Waals surface area contributed by atoms with Gasteiger partial charge in [-0.1, -0.05) is 0 Å². The number of aromatic amines is 1. The number of nitrogens with zero attached hydrogens (tertiary/aromatic N) is 1. The van der Waals surface area contributed by atoms with Crippen molar-refractivity contribution in [2.45, 2.75) is 4.90 Å². The lowest BCUT2D eigenvalue weighted by molar-refractivity contribution is 0.0690. The standard InChI is InChI=1S/C11H9FN2O4S/c1-19(17,18)6-2-3-7(8(12)4-6)9-5-10(11(15)16)14-13-9/h2-5H,1H3,(H,13,14)(H,15,16). The van der Waals surface area contributed by atoms with Crippen molar-refractivity contribution in [1.82, 2.24) is 10.2 Å². The van der Waals surface area contributed by atoms with Crippen LogP contribution < -0.4 is 0 Å². The van der Waals surface area contributed by atoms with Crippen molar-refractivity contribution in [3.05, 3.63) is 35.8 Å². The molecule has 0 aliphatic carbocycles. The summed E-state index contributed by atoms with van der Waals surface area (Å²) in [6.45, 7) is 0. The van der Waals surface area contributed by atoms with Gasteiger partial charge in [-0.25, -0.2) is 17.6 Å². The summed E-state index contributed by atoms with van der Waals surface area (Å²) in [5.41, 5.74) is -0.0623. The number of nitrogens with one attached hydrogen (secondary N) is 1. The van der Waals surface area contributed by atoms with Gasteiger partial charge in [0.2, 0.25) is 0 Å². The Morgan fingerprint density at radius 3 is 2.53 bits per heavy atom. The number of carboxylic acids is 1. The zero-order chi connectivity index (χ0) is 14.2. The van der Waals surface area contributed by atoms with Crippen molar-refractivity contribution >= 4 is 15.8 Å². The van der Waals surface area contributed by atoms with Gasteiger partial charge in [0, 0.05) is 11.8 Å². The first-order valence-corrected chi connectivity index (χ1v) is 6.97. The molecule has 0 unspecified atom stereocenters. The molecule has 6 nitrogen and oxygen atoms in total. The van der Waals surface area contributed by atoms with Gasteiger partial charge in [-0.2, -0.15) is 5.10 Å². The van der Waals surface area contributed by atoms with E-state index in [0.717, 1.165) is 12.3 Å². The van der Waals surface area contributed by atoms with Crippen LogP contribution in [0.5, 0.6) is 0 Å². The van der Waals surface area contributed by atoms with Gasteiger partial charge in [-0.05, 0) is 24.3 Å². The zero-order valence-electron chi connectivity index (χ0n) is 9.71. The molecule has 0 amide bonds. The summed E-state index contributed by atoms with van der Waals surface area (Å²) < 4.78 is 36.3. The normalized spacial score (nSPS) is 11.5. The maximum Gasteiger partial charge on any atom is 0.353 e. The Bertz CT molecular complexity index is 752. The summed E-state index contributed by atoms with van der Waals surface area (Å²) in [5.74, 6) is -2.00. The lowest BCUT2D eigenvalue weighted by Crippen LogP contribution is -1.98. The van der Waals surface area contributed by atoms with E-state index in [4.69, 9.17) is 5.11 Å². The molecule has 0 radical (unpaired) electrons. The Hall–Kier alpha value is -2.22. The van der Waals surface area contributed by atoms with Crippen LogP contribution >= 0.6 is 0 Å². The van der Waals surface area contributed by atoms with E-state index in [9.17, 15) is 17.6 Å². The minimum absolute atomic E-state index is 0.0242. The average molecular weight is 284 g/mol. The Morgan fingerprint density at radius 2 is 2.05 bits per heavy atom. The smallest absolute Gasteiger partial charge is 0.353 e. The fourth-order valence-electron chi connectivity index (χ4n) is 1.50. The minimum atomic E-state index is -3.49. The Kier molecular flexibility index (Phi) is 3.11. The lowest BCUT2D eigenvalue weighted by Gasteiger charge is -2.02. The Labute approximate surface area is 107 Å². The highest BCUT2D eigenvalue weighted by atomic mass is 32.2. The summed E-state index contributed by atoms with van der Waals surface area (Å²) in [4.78, 5) is 10.5. The molecular formula is C11H9FN2O4S. The van der Waals surface area contributed by atoms with Gasteiger partial charge in [0.25, 0.3) is 0 Å². The summed E-state index contributed by atoms with van der Waals surface area (Å²) in [5, 5.41) is 14.6. The molecule has 0 fully saturated rings. The highest BCUT2D eigenvalue weighted by molar-refractivity contribution is 7.90. The molecule has 1 aromatic heterocycles. The lowest BCUT2D eigenvalue weighted by atomic mass is 10.1. The molecule has 0 bridgehead atoms. The quantitative estimate of drug-likeness (QED) is 0.885. The van der Waals surface area contributed by atoms with Gasteiger partial charge in [-0.3, -0.25) is 5.10 Å². The number of hydrogen-bond acceptors (Lipinski definition) is 4. The Balaban J connectivity index is 2.49. The number of aromatic carboxylic acids is 1. The number of sulfone groups is 1. The van der Waals surface area contributed by atoms with E-state index in [1.165, 1.54) is 18.2 Å². The number of rotatable bonds is 3. The van der Waals surface area contributed by atoms with Crippen LogP contribution in [0.4, 0.5) is 4.39 Å². The van der Waals surface area contributed by atoms with Crippen LogP contribution in [-0.2, 0) is 9.84 Å². The van der Waals surface area contributed by atoms with Crippen molar-refractivity contribution in [3.8, 4) is 11.3 Å². The summed E-state index contributed by atoms with van der Waals surface area (Å²) >= 11 is 0. The molecule has 0 spiro atoms. The number of carboxylic acid groups (broad SMARTS) is 1. The van der Waals surface area contributed by atoms with E-state index in [2.05, 4.69) is 10.2 Å². The van der Waals surface area contributed by atoms with E-state index in [0.29, 0.717) is 0 Å². The fourth-order valence-corrected chi connectivity index (χ4v) is 2.14. The second-order valence-electron chi connectivity index (χ2n) is 3.89. The van der Waals surface area contributed by atoms with Gasteiger partial charge in [0.15, 0.2) is 9.84 Å². The third kappa shape index (κ3) is 2.63. The maximum absolute atomic E-state index is 13.8. The molecule has 2 N–H and O–H groups in total. The molecule has 2 rings (SSSR count). The van der Waals surface area contributed by atoms with Crippen LogP contribution in [0.2, 0.25) is 0 Å². The fraction of sp³-hybridized carbons (Fsp3) is 0.0909. The topological polar surface area (TPSA) is 100 Å². The van der Waals surface area contributed by atoms with E-state index in [-0.39, 0.29) is 21.8 Å². The molecule has 100 valence electrons. The van der Waals surface area contributed by atoms with Crippen LogP contribution in [0.25, 0.3) is 11.3 Å². The number of H-pyrrole nitrogens is 1. The van der Waals surface area contributed by atoms with Crippen molar-refractivity contribution in [3.63, 3.8) is 0 Å². The average Bonchev–Trinajstić information content (AvgIpc) is 2.76. The van der Waals surface area contributed by atoms with Crippen LogP contribution in [0.3, 0.4) is 0 Å². The maximum atomic E-state index is 13.8. The molecule has 0 saturated carbocycles. The Morgan fingerprint density at radius 1 is 1.37 bits per heavy atom. The van der Waals surface area contributed by atoms with Crippen molar-refractivity contribution < 1.29 is 22.7 Å². The van der Waals surface area contributed by atoms with Crippen LogP contribution in [0, 0.1) is 5.82 Å². The van der Waals surface area contributed by atoms with E-state index < -0.39 is 21.6 Å².